The highest BCUT2D eigenvalue weighted by Crippen LogP contribution is 2.22. The number of anilines is 1. The maximum atomic E-state index is 11.8. The highest BCUT2D eigenvalue weighted by atomic mass is 32.2. The third-order valence-electron chi connectivity index (χ3n) is 2.50. The summed E-state index contributed by atoms with van der Waals surface area (Å²) in [5.41, 5.74) is 1.10. The summed E-state index contributed by atoms with van der Waals surface area (Å²) in [7, 11) is 0. The lowest BCUT2D eigenvalue weighted by Crippen LogP contribution is -2.43. The van der Waals surface area contributed by atoms with Crippen LogP contribution in [-0.4, -0.2) is 34.4 Å². The highest BCUT2D eigenvalue weighted by Gasteiger charge is 2.27. The number of benzene rings is 1. The van der Waals surface area contributed by atoms with Gasteiger partial charge in [-0.15, -0.1) is 11.8 Å². The van der Waals surface area contributed by atoms with Crippen LogP contribution in [0.25, 0.3) is 6.08 Å². The van der Waals surface area contributed by atoms with Crippen molar-refractivity contribution in [3.05, 3.63) is 35.9 Å². The van der Waals surface area contributed by atoms with E-state index in [0.29, 0.717) is 11.3 Å². The molecule has 5 nitrogen and oxygen atoms in total. The molecule has 98 valence electrons. The lowest BCUT2D eigenvalue weighted by molar-refractivity contribution is -0.131. The first-order valence-corrected chi connectivity index (χ1v) is 6.68. The van der Waals surface area contributed by atoms with Crippen LogP contribution < -0.4 is 4.90 Å². The molecular weight excluding hydrogens is 266 g/mol. The van der Waals surface area contributed by atoms with Gasteiger partial charge in [0.25, 0.3) is 0 Å². The van der Waals surface area contributed by atoms with Gasteiger partial charge in [-0.3, -0.25) is 9.59 Å². The van der Waals surface area contributed by atoms with Crippen molar-refractivity contribution >= 4 is 41.3 Å². The van der Waals surface area contributed by atoms with E-state index < -0.39 is 5.97 Å². The lowest BCUT2D eigenvalue weighted by atomic mass is 10.1. The highest BCUT2D eigenvalue weighted by molar-refractivity contribution is 8.00. The van der Waals surface area contributed by atoms with E-state index in [1.165, 1.54) is 17.8 Å². The number of carboxylic acids is 1. The van der Waals surface area contributed by atoms with Crippen LogP contribution >= 0.6 is 11.8 Å². The molecule has 0 saturated carbocycles. The Hall–Kier alpha value is -2.08. The van der Waals surface area contributed by atoms with E-state index in [1.54, 1.807) is 24.3 Å². The van der Waals surface area contributed by atoms with Crippen LogP contribution in [0.4, 0.5) is 5.69 Å². The third kappa shape index (κ3) is 3.23. The van der Waals surface area contributed by atoms with E-state index >= 15 is 0 Å². The number of carbonyl (C=O) groups is 3. The molecule has 0 aliphatic carbocycles. The van der Waals surface area contributed by atoms with E-state index in [9.17, 15) is 14.4 Å². The predicted octanol–water partition coefficient (Wildman–Crippen LogP) is 1.39. The van der Waals surface area contributed by atoms with Crippen LogP contribution in [0.3, 0.4) is 0 Å². The molecule has 1 aromatic carbocycles. The van der Waals surface area contributed by atoms with Gasteiger partial charge in [0.2, 0.25) is 11.8 Å². The number of imide groups is 1. The quantitative estimate of drug-likeness (QED) is 0.667. The van der Waals surface area contributed by atoms with Crippen molar-refractivity contribution in [2.75, 3.05) is 16.4 Å². The Morgan fingerprint density at radius 1 is 1.26 bits per heavy atom. The Kier molecular flexibility index (Phi) is 4.01. The van der Waals surface area contributed by atoms with Gasteiger partial charge in [0.1, 0.15) is 0 Å². The minimum atomic E-state index is -1.05. The second kappa shape index (κ2) is 5.71. The Morgan fingerprint density at radius 2 is 1.95 bits per heavy atom. The van der Waals surface area contributed by atoms with Crippen LogP contribution in [-0.2, 0) is 14.4 Å². The SMILES string of the molecule is O=C(O)/C=C/c1cccc(N2C(=O)CSCC2=O)c1. The summed E-state index contributed by atoms with van der Waals surface area (Å²) in [4.78, 5) is 35.1. The molecule has 1 aliphatic rings. The second-order valence-corrected chi connectivity index (χ2v) is 4.87. The molecule has 1 aliphatic heterocycles. The van der Waals surface area contributed by atoms with Crippen molar-refractivity contribution in [1.29, 1.82) is 0 Å². The molecule has 1 saturated heterocycles. The molecule has 1 heterocycles. The molecule has 0 radical (unpaired) electrons. The number of hydrogen-bond donors (Lipinski definition) is 1. The topological polar surface area (TPSA) is 74.7 Å². The third-order valence-corrected chi connectivity index (χ3v) is 3.40. The Bertz CT molecular complexity index is 552. The fraction of sp³-hybridized carbons (Fsp3) is 0.154. The van der Waals surface area contributed by atoms with E-state index in [1.807, 2.05) is 0 Å². The molecule has 0 aromatic heterocycles. The van der Waals surface area contributed by atoms with E-state index in [0.717, 1.165) is 11.0 Å². The van der Waals surface area contributed by atoms with Crippen molar-refractivity contribution in [2.24, 2.45) is 0 Å². The summed E-state index contributed by atoms with van der Waals surface area (Å²) in [6, 6.07) is 6.66. The first-order chi connectivity index (χ1) is 9.08. The fourth-order valence-corrected chi connectivity index (χ4v) is 2.43. The predicted molar refractivity (Wildman–Crippen MR) is 72.9 cm³/mol. The molecule has 1 N–H and O–H groups in total. The Balaban J connectivity index is 2.29. The van der Waals surface area contributed by atoms with E-state index in [-0.39, 0.29) is 23.3 Å². The minimum absolute atomic E-state index is 0.249. The summed E-state index contributed by atoms with van der Waals surface area (Å²) in [6.45, 7) is 0. The largest absolute Gasteiger partial charge is 0.478 e. The minimum Gasteiger partial charge on any atom is -0.478 e. The second-order valence-electron chi connectivity index (χ2n) is 3.88. The van der Waals surface area contributed by atoms with Crippen LogP contribution in [0.1, 0.15) is 5.56 Å². The van der Waals surface area contributed by atoms with Gasteiger partial charge in [0.05, 0.1) is 17.2 Å². The summed E-state index contributed by atoms with van der Waals surface area (Å²) in [6.07, 6.45) is 2.42. The monoisotopic (exact) mass is 277 g/mol. The van der Waals surface area contributed by atoms with Gasteiger partial charge in [-0.05, 0) is 23.8 Å². The standard InChI is InChI=1S/C13H11NO4S/c15-11-7-19-8-12(16)14(11)10-3-1-2-9(6-10)4-5-13(17)18/h1-6H,7-8H2,(H,17,18)/b5-4+. The number of rotatable bonds is 3. The van der Waals surface area contributed by atoms with Crippen LogP contribution in [0, 0.1) is 0 Å². The number of hydrogen-bond acceptors (Lipinski definition) is 4. The zero-order valence-electron chi connectivity index (χ0n) is 9.91. The zero-order chi connectivity index (χ0) is 13.8. The average molecular weight is 277 g/mol. The van der Waals surface area contributed by atoms with Gasteiger partial charge in [-0.2, -0.15) is 0 Å². The van der Waals surface area contributed by atoms with Crippen LogP contribution in [0.5, 0.6) is 0 Å². The maximum Gasteiger partial charge on any atom is 0.328 e. The van der Waals surface area contributed by atoms with Gasteiger partial charge in [0, 0.05) is 6.08 Å². The van der Waals surface area contributed by atoms with E-state index in [4.69, 9.17) is 5.11 Å². The summed E-state index contributed by atoms with van der Waals surface area (Å²) < 4.78 is 0. The molecule has 2 rings (SSSR count). The van der Waals surface area contributed by atoms with Gasteiger partial charge >= 0.3 is 5.97 Å². The molecule has 0 bridgehead atoms. The van der Waals surface area contributed by atoms with Crippen molar-refractivity contribution < 1.29 is 19.5 Å². The van der Waals surface area contributed by atoms with Crippen LogP contribution in [0.15, 0.2) is 30.3 Å². The molecule has 6 heteroatoms. The number of aliphatic carboxylic acids is 1. The fourth-order valence-electron chi connectivity index (χ4n) is 1.72. The molecule has 1 fully saturated rings. The molecule has 0 unspecified atom stereocenters. The van der Waals surface area contributed by atoms with Crippen molar-refractivity contribution in [2.45, 2.75) is 0 Å². The van der Waals surface area contributed by atoms with Gasteiger partial charge < -0.3 is 5.11 Å². The Labute approximate surface area is 113 Å². The zero-order valence-corrected chi connectivity index (χ0v) is 10.7. The van der Waals surface area contributed by atoms with Crippen molar-refractivity contribution in [3.8, 4) is 0 Å². The van der Waals surface area contributed by atoms with Crippen LogP contribution in [0.2, 0.25) is 0 Å². The molecule has 1 aromatic rings. The summed E-state index contributed by atoms with van der Waals surface area (Å²) >= 11 is 1.30. The number of nitrogens with zero attached hydrogens (tertiary/aromatic N) is 1. The van der Waals surface area contributed by atoms with Crippen molar-refractivity contribution in [3.63, 3.8) is 0 Å². The molecule has 0 spiro atoms. The number of carboxylic acid groups (broad SMARTS) is 1. The maximum absolute atomic E-state index is 11.8. The summed E-state index contributed by atoms with van der Waals surface area (Å²) in [5, 5.41) is 8.57. The molecule has 19 heavy (non-hydrogen) atoms. The number of carbonyl (C=O) groups excluding carboxylic acids is 2. The average Bonchev–Trinajstić information content (AvgIpc) is 2.37. The lowest BCUT2D eigenvalue weighted by Gasteiger charge is -2.24. The number of thioether (sulfide) groups is 1. The smallest absolute Gasteiger partial charge is 0.328 e. The first-order valence-electron chi connectivity index (χ1n) is 5.52. The normalized spacial score (nSPS) is 16.1. The van der Waals surface area contributed by atoms with Gasteiger partial charge in [0.15, 0.2) is 0 Å². The molecule has 2 amide bonds. The Morgan fingerprint density at radius 3 is 2.58 bits per heavy atom. The first kappa shape index (κ1) is 13.4. The van der Waals surface area contributed by atoms with Crippen molar-refractivity contribution in [1.82, 2.24) is 0 Å². The summed E-state index contributed by atoms with van der Waals surface area (Å²) in [5.74, 6) is -0.991. The number of amides is 2. The van der Waals surface area contributed by atoms with E-state index in [2.05, 4.69) is 0 Å². The van der Waals surface area contributed by atoms with Gasteiger partial charge in [-0.25, -0.2) is 9.69 Å². The van der Waals surface area contributed by atoms with Gasteiger partial charge in [-0.1, -0.05) is 12.1 Å². The molecule has 0 atom stereocenters. The molecular formula is C13H11NO4S.